The summed E-state index contributed by atoms with van der Waals surface area (Å²) in [5, 5.41) is 1.06. The molecule has 1 aliphatic rings. The lowest BCUT2D eigenvalue weighted by atomic mass is 10.1. The van der Waals surface area contributed by atoms with E-state index in [1.54, 1.807) is 6.20 Å². The molecule has 3 heterocycles. The first kappa shape index (κ1) is 14.3. The zero-order valence-corrected chi connectivity index (χ0v) is 11.4. The Hall–Kier alpha value is -1.60. The predicted molar refractivity (Wildman–Crippen MR) is 71.5 cm³/mol. The molecule has 0 spiro atoms. The van der Waals surface area contributed by atoms with E-state index in [1.165, 1.54) is 0 Å². The van der Waals surface area contributed by atoms with Crippen LogP contribution in [-0.4, -0.2) is 40.4 Å². The molecule has 0 amide bonds. The molecule has 1 fully saturated rings. The number of nitrogens with zero attached hydrogens (tertiary/aromatic N) is 2. The molecule has 0 atom stereocenters. The molecular formula is C14H16F3N3O. The second-order valence-corrected chi connectivity index (χ2v) is 5.25. The maximum atomic E-state index is 12.2. The third-order valence-corrected chi connectivity index (χ3v) is 3.77. The number of pyridine rings is 1. The van der Waals surface area contributed by atoms with Crippen molar-refractivity contribution in [3.8, 4) is 0 Å². The van der Waals surface area contributed by atoms with Crippen molar-refractivity contribution in [2.45, 2.75) is 31.9 Å². The smallest absolute Gasteiger partial charge is 0.346 e. The van der Waals surface area contributed by atoms with E-state index in [-0.39, 0.29) is 0 Å². The number of halogens is 3. The van der Waals surface area contributed by atoms with E-state index in [9.17, 15) is 13.2 Å². The molecule has 0 aliphatic carbocycles. The van der Waals surface area contributed by atoms with Gasteiger partial charge in [0.15, 0.2) is 0 Å². The summed E-state index contributed by atoms with van der Waals surface area (Å²) in [6.07, 6.45) is -0.806. The van der Waals surface area contributed by atoms with Gasteiger partial charge in [-0.05, 0) is 30.5 Å². The van der Waals surface area contributed by atoms with E-state index in [4.69, 9.17) is 0 Å². The zero-order chi connectivity index (χ0) is 14.9. The van der Waals surface area contributed by atoms with Crippen molar-refractivity contribution in [2.75, 3.05) is 13.1 Å². The lowest BCUT2D eigenvalue weighted by molar-refractivity contribution is -0.345. The Morgan fingerprint density at radius 3 is 2.81 bits per heavy atom. The van der Waals surface area contributed by atoms with Crippen molar-refractivity contribution in [1.29, 1.82) is 0 Å². The van der Waals surface area contributed by atoms with Crippen molar-refractivity contribution in [3.05, 3.63) is 30.1 Å². The summed E-state index contributed by atoms with van der Waals surface area (Å²) >= 11 is 0. The maximum absolute atomic E-state index is 12.2. The first-order valence-corrected chi connectivity index (χ1v) is 6.89. The number of likely N-dealkylation sites (tertiary alicyclic amines) is 1. The van der Waals surface area contributed by atoms with E-state index in [2.05, 4.69) is 19.6 Å². The summed E-state index contributed by atoms with van der Waals surface area (Å²) in [6, 6.07) is 3.87. The van der Waals surface area contributed by atoms with Crippen LogP contribution in [0, 0.1) is 0 Å². The Kier molecular flexibility index (Phi) is 3.86. The fraction of sp³-hybridized carbons (Fsp3) is 0.500. The molecule has 2 aromatic rings. The van der Waals surface area contributed by atoms with Crippen LogP contribution >= 0.6 is 0 Å². The van der Waals surface area contributed by atoms with Gasteiger partial charge in [0.1, 0.15) is 5.65 Å². The summed E-state index contributed by atoms with van der Waals surface area (Å²) < 4.78 is 40.6. The van der Waals surface area contributed by atoms with Crippen molar-refractivity contribution >= 4 is 11.0 Å². The van der Waals surface area contributed by atoms with Crippen LogP contribution in [0.4, 0.5) is 13.2 Å². The minimum atomic E-state index is -4.53. The molecule has 1 aliphatic heterocycles. The van der Waals surface area contributed by atoms with Crippen LogP contribution in [0.5, 0.6) is 0 Å². The van der Waals surface area contributed by atoms with E-state index in [0.29, 0.717) is 32.5 Å². The lowest BCUT2D eigenvalue weighted by Gasteiger charge is -2.31. The number of hydrogen-bond donors (Lipinski definition) is 1. The monoisotopic (exact) mass is 299 g/mol. The number of hydrogen-bond acceptors (Lipinski definition) is 3. The van der Waals surface area contributed by atoms with Crippen molar-refractivity contribution in [1.82, 2.24) is 14.9 Å². The summed E-state index contributed by atoms with van der Waals surface area (Å²) in [7, 11) is 0. The Morgan fingerprint density at radius 2 is 2.10 bits per heavy atom. The van der Waals surface area contributed by atoms with Crippen LogP contribution < -0.4 is 0 Å². The second-order valence-electron chi connectivity index (χ2n) is 5.25. The highest BCUT2D eigenvalue weighted by Crippen LogP contribution is 2.25. The summed E-state index contributed by atoms with van der Waals surface area (Å²) in [6.45, 7) is 1.92. The minimum Gasteiger partial charge on any atom is -0.346 e. The van der Waals surface area contributed by atoms with Crippen LogP contribution in [0.15, 0.2) is 24.5 Å². The van der Waals surface area contributed by atoms with Crippen LogP contribution in [0.25, 0.3) is 11.0 Å². The molecule has 2 aromatic heterocycles. The van der Waals surface area contributed by atoms with Gasteiger partial charge >= 0.3 is 6.36 Å². The van der Waals surface area contributed by atoms with Gasteiger partial charge in [-0.15, -0.1) is 13.2 Å². The van der Waals surface area contributed by atoms with E-state index >= 15 is 0 Å². The quantitative estimate of drug-likeness (QED) is 0.947. The fourth-order valence-electron chi connectivity index (χ4n) is 2.76. The molecule has 0 unspecified atom stereocenters. The van der Waals surface area contributed by atoms with Gasteiger partial charge in [0, 0.05) is 37.4 Å². The minimum absolute atomic E-state index is 0.403. The summed E-state index contributed by atoms with van der Waals surface area (Å²) in [5.74, 6) is 0. The Balaban J connectivity index is 1.58. The topological polar surface area (TPSA) is 41.1 Å². The van der Waals surface area contributed by atoms with Crippen molar-refractivity contribution < 1.29 is 17.9 Å². The number of aromatic nitrogens is 2. The number of piperidine rings is 1. The maximum Gasteiger partial charge on any atom is 0.522 e. The third-order valence-electron chi connectivity index (χ3n) is 3.77. The molecule has 3 rings (SSSR count). The average Bonchev–Trinajstić information content (AvgIpc) is 2.83. The van der Waals surface area contributed by atoms with Gasteiger partial charge in [-0.3, -0.25) is 9.64 Å². The molecule has 0 bridgehead atoms. The molecule has 0 radical (unpaired) electrons. The molecule has 0 aromatic carbocycles. The number of H-pyrrole nitrogens is 1. The second kappa shape index (κ2) is 5.65. The van der Waals surface area contributed by atoms with Crippen LogP contribution in [0.1, 0.15) is 18.4 Å². The van der Waals surface area contributed by atoms with Crippen molar-refractivity contribution in [3.63, 3.8) is 0 Å². The third kappa shape index (κ3) is 3.54. The molecule has 1 N–H and O–H groups in total. The van der Waals surface area contributed by atoms with E-state index < -0.39 is 12.5 Å². The average molecular weight is 299 g/mol. The Bertz CT molecular complexity index is 603. The van der Waals surface area contributed by atoms with Gasteiger partial charge < -0.3 is 4.98 Å². The number of alkyl halides is 3. The van der Waals surface area contributed by atoms with Crippen molar-refractivity contribution in [2.24, 2.45) is 0 Å². The Labute approximate surface area is 119 Å². The summed E-state index contributed by atoms with van der Waals surface area (Å²) in [4.78, 5) is 9.48. The molecule has 0 saturated carbocycles. The number of ether oxygens (including phenoxy) is 1. The lowest BCUT2D eigenvalue weighted by Crippen LogP contribution is -2.38. The molecular weight excluding hydrogens is 283 g/mol. The van der Waals surface area contributed by atoms with E-state index in [0.717, 1.165) is 16.6 Å². The van der Waals surface area contributed by atoms with Crippen LogP contribution in [0.2, 0.25) is 0 Å². The molecule has 21 heavy (non-hydrogen) atoms. The number of fused-ring (bicyclic) bond motifs is 1. The number of nitrogens with one attached hydrogen (secondary N) is 1. The molecule has 4 nitrogen and oxygen atoms in total. The first-order valence-electron chi connectivity index (χ1n) is 6.89. The molecule has 7 heteroatoms. The van der Waals surface area contributed by atoms with Gasteiger partial charge in [0.25, 0.3) is 0 Å². The summed E-state index contributed by atoms with van der Waals surface area (Å²) in [5.41, 5.74) is 1.95. The van der Waals surface area contributed by atoms with Crippen LogP contribution in [-0.2, 0) is 11.3 Å². The highest BCUT2D eigenvalue weighted by Gasteiger charge is 2.34. The number of aromatic amines is 1. The van der Waals surface area contributed by atoms with Gasteiger partial charge in [0.2, 0.25) is 0 Å². The zero-order valence-electron chi connectivity index (χ0n) is 11.4. The van der Waals surface area contributed by atoms with E-state index in [1.807, 2.05) is 18.3 Å². The van der Waals surface area contributed by atoms with Gasteiger partial charge in [0.05, 0.1) is 6.10 Å². The normalized spacial score (nSPS) is 18.4. The van der Waals surface area contributed by atoms with Gasteiger partial charge in [-0.25, -0.2) is 4.98 Å². The van der Waals surface area contributed by atoms with Gasteiger partial charge in [-0.2, -0.15) is 0 Å². The predicted octanol–water partition coefficient (Wildman–Crippen LogP) is 3.06. The first-order chi connectivity index (χ1) is 10.0. The highest BCUT2D eigenvalue weighted by molar-refractivity contribution is 5.79. The largest absolute Gasteiger partial charge is 0.522 e. The fourth-order valence-corrected chi connectivity index (χ4v) is 2.76. The Morgan fingerprint density at radius 1 is 1.33 bits per heavy atom. The SMILES string of the molecule is FC(F)(F)OC1CCN(Cc2c[nH]c3ncccc23)CC1. The highest BCUT2D eigenvalue weighted by atomic mass is 19.4. The number of rotatable bonds is 3. The van der Waals surface area contributed by atoms with Gasteiger partial charge in [-0.1, -0.05) is 0 Å². The van der Waals surface area contributed by atoms with Crippen LogP contribution in [0.3, 0.4) is 0 Å². The molecule has 114 valence electrons. The molecule has 1 saturated heterocycles. The standard InChI is InChI=1S/C14H16F3N3O/c15-14(16,17)21-11-3-6-20(7-4-11)9-10-8-19-13-12(10)2-1-5-18-13/h1-2,5,8,11H,3-4,6-7,9H2,(H,18,19).